The Morgan fingerprint density at radius 3 is 2.52 bits per heavy atom. The van der Waals surface area contributed by atoms with Crippen molar-refractivity contribution in [2.45, 2.75) is 49.5 Å². The zero-order valence-electron chi connectivity index (χ0n) is 17.5. The van der Waals surface area contributed by atoms with E-state index in [0.29, 0.717) is 36.4 Å². The van der Waals surface area contributed by atoms with Crippen LogP contribution in [0.15, 0.2) is 59.5 Å². The summed E-state index contributed by atoms with van der Waals surface area (Å²) in [5.41, 5.74) is 0.340. The van der Waals surface area contributed by atoms with E-state index >= 15 is 0 Å². The highest BCUT2D eigenvalue weighted by atomic mass is 35.5. The minimum absolute atomic E-state index is 0.114. The molecule has 0 radical (unpaired) electrons. The van der Waals surface area contributed by atoms with E-state index in [0.717, 1.165) is 17.1 Å². The molecule has 0 aromatic heterocycles. The first kappa shape index (κ1) is 23.6. The Hall–Kier alpha value is -2.09. The van der Waals surface area contributed by atoms with Crippen LogP contribution in [0, 0.1) is 0 Å². The summed E-state index contributed by atoms with van der Waals surface area (Å²) in [5, 5.41) is 3.20. The Labute approximate surface area is 189 Å². The molecule has 0 heterocycles. The lowest BCUT2D eigenvalue weighted by molar-refractivity contribution is -0.119. The average Bonchev–Trinajstić information content (AvgIpc) is 2.78. The van der Waals surface area contributed by atoms with Gasteiger partial charge in [-0.1, -0.05) is 55.1 Å². The van der Waals surface area contributed by atoms with Crippen LogP contribution in [0.4, 0.5) is 5.69 Å². The zero-order valence-corrected chi connectivity index (χ0v) is 19.1. The van der Waals surface area contributed by atoms with Crippen molar-refractivity contribution < 1.29 is 17.9 Å². The highest BCUT2D eigenvalue weighted by Gasteiger charge is 2.27. The summed E-state index contributed by atoms with van der Waals surface area (Å²) in [6.07, 6.45) is 6.96. The molecule has 0 spiro atoms. The van der Waals surface area contributed by atoms with Crippen molar-refractivity contribution in [1.82, 2.24) is 5.32 Å². The minimum Gasteiger partial charge on any atom is -0.378 e. The van der Waals surface area contributed by atoms with E-state index in [4.69, 9.17) is 16.3 Å². The molecule has 31 heavy (non-hydrogen) atoms. The Morgan fingerprint density at radius 2 is 1.81 bits per heavy atom. The molecule has 0 saturated heterocycles. The van der Waals surface area contributed by atoms with Crippen LogP contribution in [0.3, 0.4) is 0 Å². The van der Waals surface area contributed by atoms with Gasteiger partial charge in [0.25, 0.3) is 10.0 Å². The van der Waals surface area contributed by atoms with Crippen LogP contribution < -0.4 is 9.62 Å². The number of carbonyl (C=O) groups is 1. The SMILES string of the molecule is O=C(CN(c1cccc(Cl)c1)S(=O)(=O)c1ccccc1)NCCCOC1CCCCC1. The number of nitrogens with zero attached hydrogens (tertiary/aromatic N) is 1. The quantitative estimate of drug-likeness (QED) is 0.529. The molecule has 1 aliphatic rings. The van der Waals surface area contributed by atoms with Gasteiger partial charge in [0.15, 0.2) is 0 Å². The molecule has 8 heteroatoms. The van der Waals surface area contributed by atoms with Crippen LogP contribution in [0.2, 0.25) is 5.02 Å². The van der Waals surface area contributed by atoms with Gasteiger partial charge < -0.3 is 10.1 Å². The Morgan fingerprint density at radius 1 is 1.06 bits per heavy atom. The zero-order chi connectivity index (χ0) is 22.1. The molecule has 1 amide bonds. The van der Waals surface area contributed by atoms with Gasteiger partial charge in [-0.05, 0) is 49.6 Å². The lowest BCUT2D eigenvalue weighted by Crippen LogP contribution is -2.41. The van der Waals surface area contributed by atoms with E-state index in [1.54, 1.807) is 36.4 Å². The third-order valence-electron chi connectivity index (χ3n) is 5.26. The molecule has 168 valence electrons. The summed E-state index contributed by atoms with van der Waals surface area (Å²) < 4.78 is 33.4. The third-order valence-corrected chi connectivity index (χ3v) is 7.29. The van der Waals surface area contributed by atoms with Crippen LogP contribution in [0.1, 0.15) is 38.5 Å². The first-order valence-corrected chi connectivity index (χ1v) is 12.5. The largest absolute Gasteiger partial charge is 0.378 e. The molecular formula is C23H29ClN2O4S. The van der Waals surface area contributed by atoms with Gasteiger partial charge in [0.2, 0.25) is 5.91 Å². The lowest BCUT2D eigenvalue weighted by Gasteiger charge is -2.24. The Bertz CT molecular complexity index is 947. The van der Waals surface area contributed by atoms with Crippen molar-refractivity contribution in [2.24, 2.45) is 0 Å². The van der Waals surface area contributed by atoms with E-state index in [-0.39, 0.29) is 17.3 Å². The second-order valence-electron chi connectivity index (χ2n) is 7.64. The third kappa shape index (κ3) is 6.95. The van der Waals surface area contributed by atoms with Crippen LogP contribution in [0.25, 0.3) is 0 Å². The Balaban J connectivity index is 1.60. The van der Waals surface area contributed by atoms with Crippen molar-refractivity contribution >= 4 is 33.2 Å². The molecule has 6 nitrogen and oxygen atoms in total. The summed E-state index contributed by atoms with van der Waals surface area (Å²) in [7, 11) is -3.93. The van der Waals surface area contributed by atoms with Gasteiger partial charge in [-0.15, -0.1) is 0 Å². The fourth-order valence-electron chi connectivity index (χ4n) is 3.63. The number of carbonyl (C=O) groups excluding carboxylic acids is 1. The molecule has 1 fully saturated rings. The fourth-order valence-corrected chi connectivity index (χ4v) is 5.25. The highest BCUT2D eigenvalue weighted by molar-refractivity contribution is 7.92. The normalized spacial score (nSPS) is 14.9. The number of halogens is 1. The highest BCUT2D eigenvalue weighted by Crippen LogP contribution is 2.26. The average molecular weight is 465 g/mol. The van der Waals surface area contributed by atoms with E-state index in [9.17, 15) is 13.2 Å². The van der Waals surface area contributed by atoms with Crippen LogP contribution in [0.5, 0.6) is 0 Å². The van der Waals surface area contributed by atoms with Gasteiger partial charge in [0, 0.05) is 18.2 Å². The maximum absolute atomic E-state index is 13.2. The van der Waals surface area contributed by atoms with Gasteiger partial charge in [0.1, 0.15) is 6.54 Å². The van der Waals surface area contributed by atoms with E-state index in [1.807, 2.05) is 0 Å². The van der Waals surface area contributed by atoms with Crippen molar-refractivity contribution in [3.05, 3.63) is 59.6 Å². The Kier molecular flexibility index (Phi) is 8.75. The number of rotatable bonds is 10. The molecule has 0 unspecified atom stereocenters. The summed E-state index contributed by atoms with van der Waals surface area (Å²) in [6.45, 7) is 0.687. The maximum atomic E-state index is 13.2. The monoisotopic (exact) mass is 464 g/mol. The lowest BCUT2D eigenvalue weighted by atomic mass is 9.98. The molecule has 3 rings (SSSR count). The van der Waals surface area contributed by atoms with E-state index < -0.39 is 10.0 Å². The number of ether oxygens (including phenoxy) is 1. The summed E-state index contributed by atoms with van der Waals surface area (Å²) in [6, 6.07) is 14.5. The minimum atomic E-state index is -3.93. The molecule has 1 aliphatic carbocycles. The van der Waals surface area contributed by atoms with Crippen molar-refractivity contribution in [3.8, 4) is 0 Å². The topological polar surface area (TPSA) is 75.7 Å². The van der Waals surface area contributed by atoms with Gasteiger partial charge in [-0.2, -0.15) is 0 Å². The molecule has 1 N–H and O–H groups in total. The molecule has 0 aliphatic heterocycles. The second kappa shape index (κ2) is 11.5. The molecule has 0 atom stereocenters. The predicted octanol–water partition coefficient (Wildman–Crippen LogP) is 4.39. The number of hydrogen-bond donors (Lipinski definition) is 1. The molecule has 2 aromatic rings. The number of nitrogens with one attached hydrogen (secondary N) is 1. The van der Waals surface area contributed by atoms with Gasteiger partial charge in [-0.3, -0.25) is 9.10 Å². The molecule has 0 bridgehead atoms. The summed E-state index contributed by atoms with van der Waals surface area (Å²) in [5.74, 6) is -0.378. The van der Waals surface area contributed by atoms with Crippen molar-refractivity contribution in [1.29, 1.82) is 0 Å². The number of sulfonamides is 1. The number of hydrogen-bond acceptors (Lipinski definition) is 4. The first-order valence-electron chi connectivity index (χ1n) is 10.7. The van der Waals surface area contributed by atoms with Crippen LogP contribution in [-0.2, 0) is 19.6 Å². The van der Waals surface area contributed by atoms with Crippen LogP contribution >= 0.6 is 11.6 Å². The van der Waals surface area contributed by atoms with Crippen molar-refractivity contribution in [2.75, 3.05) is 24.0 Å². The van der Waals surface area contributed by atoms with Crippen LogP contribution in [-0.4, -0.2) is 40.1 Å². The van der Waals surface area contributed by atoms with Gasteiger partial charge in [-0.25, -0.2) is 8.42 Å². The van der Waals surface area contributed by atoms with Gasteiger partial charge >= 0.3 is 0 Å². The number of amides is 1. The predicted molar refractivity (Wildman–Crippen MR) is 123 cm³/mol. The molecular weight excluding hydrogens is 436 g/mol. The second-order valence-corrected chi connectivity index (χ2v) is 9.94. The number of benzene rings is 2. The molecule has 1 saturated carbocycles. The van der Waals surface area contributed by atoms with Crippen molar-refractivity contribution in [3.63, 3.8) is 0 Å². The smallest absolute Gasteiger partial charge is 0.264 e. The fraction of sp³-hybridized carbons (Fsp3) is 0.435. The standard InChI is InChI=1S/C23H29ClN2O4S/c24-19-9-7-10-20(17-19)26(31(28,29)22-13-5-2-6-14-22)18-23(27)25-15-8-16-30-21-11-3-1-4-12-21/h2,5-7,9-10,13-14,17,21H,1,3-4,8,11-12,15-16,18H2,(H,25,27). The summed E-state index contributed by atoms with van der Waals surface area (Å²) >= 11 is 6.07. The first-order chi connectivity index (χ1) is 15.0. The molecule has 2 aromatic carbocycles. The number of anilines is 1. The van der Waals surface area contributed by atoms with E-state index in [1.165, 1.54) is 37.5 Å². The summed E-state index contributed by atoms with van der Waals surface area (Å²) in [4.78, 5) is 12.7. The van der Waals surface area contributed by atoms with E-state index in [2.05, 4.69) is 5.32 Å². The maximum Gasteiger partial charge on any atom is 0.264 e. The van der Waals surface area contributed by atoms with Gasteiger partial charge in [0.05, 0.1) is 16.7 Å².